The maximum Gasteiger partial charge on any atom is 0.242 e. The number of aryl methyl sites for hydroxylation is 1. The van der Waals surface area contributed by atoms with Crippen molar-refractivity contribution in [2.75, 3.05) is 18.5 Å². The van der Waals surface area contributed by atoms with Gasteiger partial charge in [0.2, 0.25) is 5.91 Å². The topological polar surface area (TPSA) is 45.2 Å². The molecule has 0 aliphatic carbocycles. The summed E-state index contributed by atoms with van der Waals surface area (Å²) in [6.07, 6.45) is 2.75. The van der Waals surface area contributed by atoms with E-state index in [1.807, 2.05) is 5.38 Å². The molecule has 0 radical (unpaired) electrons. The highest BCUT2D eigenvalue weighted by Gasteiger charge is 2.19. The Morgan fingerprint density at radius 2 is 2.00 bits per heavy atom. The lowest BCUT2D eigenvalue weighted by Gasteiger charge is -2.24. The van der Waals surface area contributed by atoms with Crippen LogP contribution in [-0.4, -0.2) is 24.5 Å². The number of aromatic nitrogens is 1. The van der Waals surface area contributed by atoms with E-state index in [1.54, 1.807) is 18.1 Å². The van der Waals surface area contributed by atoms with E-state index in [-0.39, 0.29) is 11.9 Å². The van der Waals surface area contributed by atoms with Gasteiger partial charge in [-0.15, -0.1) is 11.3 Å². The molecular formula is C18H25N3OS. The van der Waals surface area contributed by atoms with E-state index in [2.05, 4.69) is 55.3 Å². The van der Waals surface area contributed by atoms with Crippen LogP contribution in [0.3, 0.4) is 0 Å². The fourth-order valence-corrected chi connectivity index (χ4v) is 3.13. The third-order valence-electron chi connectivity index (χ3n) is 3.97. The van der Waals surface area contributed by atoms with Gasteiger partial charge in [0.25, 0.3) is 0 Å². The number of amides is 1. The lowest BCUT2D eigenvalue weighted by molar-refractivity contribution is -0.117. The van der Waals surface area contributed by atoms with Crippen LogP contribution in [0, 0.1) is 5.92 Å². The third kappa shape index (κ3) is 4.62. The predicted molar refractivity (Wildman–Crippen MR) is 96.9 cm³/mol. The van der Waals surface area contributed by atoms with Crippen molar-refractivity contribution >= 4 is 22.4 Å². The van der Waals surface area contributed by atoms with Gasteiger partial charge >= 0.3 is 0 Å². The van der Waals surface area contributed by atoms with Crippen LogP contribution in [0.1, 0.15) is 37.9 Å². The molecule has 124 valence electrons. The molecule has 1 aromatic carbocycles. The molecule has 1 aromatic heterocycles. The number of carbonyl (C=O) groups excluding carboxylic acids is 1. The van der Waals surface area contributed by atoms with Crippen LogP contribution >= 0.6 is 11.3 Å². The van der Waals surface area contributed by atoms with E-state index in [0.29, 0.717) is 12.5 Å². The van der Waals surface area contributed by atoms with Crippen molar-refractivity contribution in [3.63, 3.8) is 0 Å². The average Bonchev–Trinajstić information content (AvgIpc) is 3.08. The van der Waals surface area contributed by atoms with Gasteiger partial charge in [0.1, 0.15) is 0 Å². The van der Waals surface area contributed by atoms with Gasteiger partial charge in [0, 0.05) is 24.7 Å². The van der Waals surface area contributed by atoms with Crippen LogP contribution in [0.5, 0.6) is 0 Å². The Kier molecular flexibility index (Phi) is 6.30. The third-order valence-corrected chi connectivity index (χ3v) is 4.82. The van der Waals surface area contributed by atoms with Gasteiger partial charge in [-0.3, -0.25) is 9.69 Å². The summed E-state index contributed by atoms with van der Waals surface area (Å²) >= 11 is 1.47. The van der Waals surface area contributed by atoms with Gasteiger partial charge < -0.3 is 5.32 Å². The minimum absolute atomic E-state index is 0.0239. The molecule has 0 aliphatic heterocycles. The van der Waals surface area contributed by atoms with Gasteiger partial charge in [-0.25, -0.2) is 4.98 Å². The van der Waals surface area contributed by atoms with E-state index in [4.69, 9.17) is 0 Å². The molecule has 1 N–H and O–H groups in total. The Labute approximate surface area is 142 Å². The molecule has 1 amide bonds. The fraction of sp³-hybridized carbons (Fsp3) is 0.444. The SMILES string of the molecule is CCc1ccc(C(NCC(=O)N(C)c2nccs2)C(C)C)cc1. The van der Waals surface area contributed by atoms with Gasteiger partial charge in [-0.1, -0.05) is 45.0 Å². The summed E-state index contributed by atoms with van der Waals surface area (Å²) in [7, 11) is 1.77. The monoisotopic (exact) mass is 331 g/mol. The molecule has 2 aromatic rings. The Hall–Kier alpha value is -1.72. The van der Waals surface area contributed by atoms with Gasteiger partial charge in [0.15, 0.2) is 5.13 Å². The normalized spacial score (nSPS) is 12.4. The Balaban J connectivity index is 2.00. The number of nitrogens with one attached hydrogen (secondary N) is 1. The first kappa shape index (κ1) is 17.6. The van der Waals surface area contributed by atoms with Crippen LogP contribution in [-0.2, 0) is 11.2 Å². The second-order valence-corrected chi connectivity index (χ2v) is 6.84. The summed E-state index contributed by atoms with van der Waals surface area (Å²) in [6, 6.07) is 8.80. The van der Waals surface area contributed by atoms with E-state index >= 15 is 0 Å². The van der Waals surface area contributed by atoms with Crippen LogP contribution < -0.4 is 10.2 Å². The Morgan fingerprint density at radius 3 is 2.52 bits per heavy atom. The largest absolute Gasteiger partial charge is 0.301 e. The van der Waals surface area contributed by atoms with E-state index in [9.17, 15) is 4.79 Å². The molecule has 0 bridgehead atoms. The van der Waals surface area contributed by atoms with Crippen molar-refractivity contribution in [2.45, 2.75) is 33.2 Å². The number of hydrogen-bond acceptors (Lipinski definition) is 4. The van der Waals surface area contributed by atoms with E-state index in [1.165, 1.54) is 22.5 Å². The molecule has 1 heterocycles. The lowest BCUT2D eigenvalue weighted by atomic mass is 9.95. The Bertz CT molecular complexity index is 608. The lowest BCUT2D eigenvalue weighted by Crippen LogP contribution is -2.38. The quantitative estimate of drug-likeness (QED) is 0.842. The molecule has 23 heavy (non-hydrogen) atoms. The predicted octanol–water partition coefficient (Wildman–Crippen LogP) is 3.66. The van der Waals surface area contributed by atoms with Crippen molar-refractivity contribution in [3.8, 4) is 0 Å². The number of thiazole rings is 1. The number of likely N-dealkylation sites (N-methyl/N-ethyl adjacent to an activating group) is 1. The van der Waals surface area contributed by atoms with Gasteiger partial charge in [0.05, 0.1) is 6.54 Å². The van der Waals surface area contributed by atoms with Crippen molar-refractivity contribution < 1.29 is 4.79 Å². The summed E-state index contributed by atoms with van der Waals surface area (Å²) < 4.78 is 0. The zero-order valence-corrected chi connectivity index (χ0v) is 15.1. The van der Waals surface area contributed by atoms with Crippen LogP contribution in [0.15, 0.2) is 35.8 Å². The number of hydrogen-bond donors (Lipinski definition) is 1. The number of benzene rings is 1. The maximum absolute atomic E-state index is 12.3. The smallest absolute Gasteiger partial charge is 0.242 e. The molecule has 0 saturated heterocycles. The molecule has 1 atom stereocenters. The molecule has 2 rings (SSSR count). The van der Waals surface area contributed by atoms with Crippen LogP contribution in [0.4, 0.5) is 5.13 Å². The summed E-state index contributed by atoms with van der Waals surface area (Å²) in [5.74, 6) is 0.427. The molecule has 0 fully saturated rings. The first-order valence-corrected chi connectivity index (χ1v) is 8.89. The van der Waals surface area contributed by atoms with E-state index in [0.717, 1.165) is 11.6 Å². The zero-order valence-electron chi connectivity index (χ0n) is 14.2. The highest BCUT2D eigenvalue weighted by Crippen LogP contribution is 2.22. The highest BCUT2D eigenvalue weighted by molar-refractivity contribution is 7.13. The summed E-state index contributed by atoms with van der Waals surface area (Å²) in [5.41, 5.74) is 2.55. The molecule has 0 saturated carbocycles. The summed E-state index contributed by atoms with van der Waals surface area (Å²) in [4.78, 5) is 18.1. The highest BCUT2D eigenvalue weighted by atomic mass is 32.1. The first-order chi connectivity index (χ1) is 11.0. The van der Waals surface area contributed by atoms with E-state index < -0.39 is 0 Å². The van der Waals surface area contributed by atoms with Gasteiger partial charge in [-0.2, -0.15) is 0 Å². The van der Waals surface area contributed by atoms with Gasteiger partial charge in [-0.05, 0) is 23.5 Å². The van der Waals surface area contributed by atoms with Crippen molar-refractivity contribution in [3.05, 3.63) is 47.0 Å². The van der Waals surface area contributed by atoms with Crippen LogP contribution in [0.25, 0.3) is 0 Å². The second-order valence-electron chi connectivity index (χ2n) is 5.97. The molecular weight excluding hydrogens is 306 g/mol. The van der Waals surface area contributed by atoms with Crippen LogP contribution in [0.2, 0.25) is 0 Å². The minimum atomic E-state index is 0.0239. The van der Waals surface area contributed by atoms with Crippen molar-refractivity contribution in [1.29, 1.82) is 0 Å². The number of nitrogens with zero attached hydrogens (tertiary/aromatic N) is 2. The first-order valence-electron chi connectivity index (χ1n) is 8.01. The standard InChI is InChI=1S/C18H25N3OS/c1-5-14-6-8-15(9-7-14)17(13(2)3)20-12-16(22)21(4)18-19-10-11-23-18/h6-11,13,17,20H,5,12H2,1-4H3. The maximum atomic E-state index is 12.3. The average molecular weight is 331 g/mol. The second kappa shape index (κ2) is 8.22. The zero-order chi connectivity index (χ0) is 16.8. The number of rotatable bonds is 7. The fourth-order valence-electron chi connectivity index (χ4n) is 2.50. The molecule has 0 aliphatic rings. The molecule has 1 unspecified atom stereocenters. The molecule has 0 spiro atoms. The number of carbonyl (C=O) groups is 1. The van der Waals surface area contributed by atoms with Crippen molar-refractivity contribution in [2.24, 2.45) is 5.92 Å². The summed E-state index contributed by atoms with van der Waals surface area (Å²) in [6.45, 7) is 6.79. The minimum Gasteiger partial charge on any atom is -0.301 e. The number of anilines is 1. The van der Waals surface area contributed by atoms with Crippen molar-refractivity contribution in [1.82, 2.24) is 10.3 Å². The summed E-state index contributed by atoms with van der Waals surface area (Å²) in [5, 5.41) is 6.00. The molecule has 4 nitrogen and oxygen atoms in total. The Morgan fingerprint density at radius 1 is 1.30 bits per heavy atom. The molecule has 5 heteroatoms.